The average molecular weight is 267 g/mol. The number of benzene rings is 1. The highest BCUT2D eigenvalue weighted by atomic mass is 32.2. The maximum absolute atomic E-state index is 11.5. The number of hydrogen-bond donors (Lipinski definition) is 1. The molecule has 0 aliphatic carbocycles. The molecule has 98 valence electrons. The van der Waals surface area contributed by atoms with Gasteiger partial charge in [0, 0.05) is 18.0 Å². The summed E-state index contributed by atoms with van der Waals surface area (Å²) in [4.78, 5) is 14.4. The Balaban J connectivity index is 2.40. The Morgan fingerprint density at radius 3 is 2.94 bits per heavy atom. The topological polar surface area (TPSA) is 49.8 Å². The van der Waals surface area contributed by atoms with Crippen molar-refractivity contribution in [3.8, 4) is 0 Å². The van der Waals surface area contributed by atoms with Gasteiger partial charge in [0.1, 0.15) is 0 Å². The normalized spacial score (nSPS) is 19.9. The summed E-state index contributed by atoms with van der Waals surface area (Å²) in [6, 6.07) is 5.64. The SMILES string of the molecule is CSc1cccc(N2CCOC(C)C2)c1C(=O)O. The lowest BCUT2D eigenvalue weighted by Crippen LogP contribution is -2.41. The number of aromatic carboxylic acids is 1. The lowest BCUT2D eigenvalue weighted by atomic mass is 10.1. The van der Waals surface area contributed by atoms with Gasteiger partial charge in [0.2, 0.25) is 0 Å². The number of ether oxygens (including phenoxy) is 1. The molecule has 1 atom stereocenters. The number of carboxylic acid groups (broad SMARTS) is 1. The smallest absolute Gasteiger partial charge is 0.338 e. The van der Waals surface area contributed by atoms with Gasteiger partial charge in [-0.15, -0.1) is 11.8 Å². The van der Waals surface area contributed by atoms with Crippen LogP contribution in [0.4, 0.5) is 5.69 Å². The summed E-state index contributed by atoms with van der Waals surface area (Å²) in [5.74, 6) is -0.867. The van der Waals surface area contributed by atoms with Crippen molar-refractivity contribution < 1.29 is 14.6 Å². The first-order valence-corrected chi connectivity index (χ1v) is 7.12. The second-order valence-electron chi connectivity index (χ2n) is 4.29. The molecule has 1 heterocycles. The highest BCUT2D eigenvalue weighted by Crippen LogP contribution is 2.30. The first-order valence-electron chi connectivity index (χ1n) is 5.90. The number of carboxylic acids is 1. The minimum absolute atomic E-state index is 0.137. The Hall–Kier alpha value is -1.20. The number of morpholine rings is 1. The van der Waals surface area contributed by atoms with Gasteiger partial charge in [-0.2, -0.15) is 0 Å². The first-order chi connectivity index (χ1) is 8.63. The standard InChI is InChI=1S/C13H17NO3S/c1-9-8-14(6-7-17-9)10-4-3-5-11(18-2)12(10)13(15)16/h3-5,9H,6-8H2,1-2H3,(H,15,16). The molecular formula is C13H17NO3S. The van der Waals surface area contributed by atoms with Gasteiger partial charge in [-0.05, 0) is 25.3 Å². The van der Waals surface area contributed by atoms with E-state index in [4.69, 9.17) is 4.74 Å². The highest BCUT2D eigenvalue weighted by Gasteiger charge is 2.23. The molecule has 1 aliphatic rings. The van der Waals surface area contributed by atoms with Crippen LogP contribution in [0.5, 0.6) is 0 Å². The van der Waals surface area contributed by atoms with Gasteiger partial charge >= 0.3 is 5.97 Å². The summed E-state index contributed by atoms with van der Waals surface area (Å²) in [5.41, 5.74) is 1.20. The second kappa shape index (κ2) is 5.63. The summed E-state index contributed by atoms with van der Waals surface area (Å²) in [6.07, 6.45) is 2.03. The number of nitrogens with zero attached hydrogens (tertiary/aromatic N) is 1. The molecule has 4 nitrogen and oxygen atoms in total. The molecule has 1 fully saturated rings. The molecule has 0 spiro atoms. The van der Waals surface area contributed by atoms with E-state index < -0.39 is 5.97 Å². The largest absolute Gasteiger partial charge is 0.478 e. The Kier molecular flexibility index (Phi) is 4.14. The predicted octanol–water partition coefficient (Wildman–Crippen LogP) is 2.33. The molecule has 1 saturated heterocycles. The molecule has 0 saturated carbocycles. The molecule has 1 N–H and O–H groups in total. The van der Waals surface area contributed by atoms with Crippen LogP contribution in [0.3, 0.4) is 0 Å². The fraction of sp³-hybridized carbons (Fsp3) is 0.462. The number of hydrogen-bond acceptors (Lipinski definition) is 4. The third kappa shape index (κ3) is 2.62. The molecule has 1 aromatic carbocycles. The monoisotopic (exact) mass is 267 g/mol. The van der Waals surface area contributed by atoms with Gasteiger partial charge in [-0.25, -0.2) is 4.79 Å². The quantitative estimate of drug-likeness (QED) is 0.852. The van der Waals surface area contributed by atoms with Crippen LogP contribution in [-0.2, 0) is 4.74 Å². The average Bonchev–Trinajstić information content (AvgIpc) is 2.37. The Bertz CT molecular complexity index is 450. The van der Waals surface area contributed by atoms with Crippen molar-refractivity contribution in [2.45, 2.75) is 17.9 Å². The molecule has 18 heavy (non-hydrogen) atoms. The van der Waals surface area contributed by atoms with Crippen LogP contribution in [0.15, 0.2) is 23.1 Å². The zero-order valence-electron chi connectivity index (χ0n) is 10.5. The van der Waals surface area contributed by atoms with Crippen molar-refractivity contribution in [2.75, 3.05) is 30.9 Å². The summed E-state index contributed by atoms with van der Waals surface area (Å²) in [7, 11) is 0. The summed E-state index contributed by atoms with van der Waals surface area (Å²) < 4.78 is 5.49. The van der Waals surface area contributed by atoms with Crippen molar-refractivity contribution in [3.63, 3.8) is 0 Å². The van der Waals surface area contributed by atoms with Crippen molar-refractivity contribution in [1.82, 2.24) is 0 Å². The van der Waals surface area contributed by atoms with Gasteiger partial charge in [0.25, 0.3) is 0 Å². The molecule has 0 aromatic heterocycles. The molecule has 5 heteroatoms. The van der Waals surface area contributed by atoms with Crippen LogP contribution in [-0.4, -0.2) is 43.1 Å². The molecule has 2 rings (SSSR count). The predicted molar refractivity (Wildman–Crippen MR) is 72.8 cm³/mol. The van der Waals surface area contributed by atoms with Crippen LogP contribution in [0.2, 0.25) is 0 Å². The first kappa shape index (κ1) is 13.2. The third-order valence-corrected chi connectivity index (χ3v) is 3.80. The van der Waals surface area contributed by atoms with E-state index in [0.717, 1.165) is 23.7 Å². The molecule has 1 aliphatic heterocycles. The zero-order valence-corrected chi connectivity index (χ0v) is 11.4. The van der Waals surface area contributed by atoms with Crippen molar-refractivity contribution in [3.05, 3.63) is 23.8 Å². The summed E-state index contributed by atoms with van der Waals surface area (Å²) >= 11 is 1.46. The van der Waals surface area contributed by atoms with Crippen molar-refractivity contribution in [2.24, 2.45) is 0 Å². The fourth-order valence-electron chi connectivity index (χ4n) is 2.21. The van der Waals surface area contributed by atoms with E-state index in [1.54, 1.807) is 0 Å². The molecule has 0 bridgehead atoms. The molecule has 1 aromatic rings. The number of rotatable bonds is 3. The Labute approximate surface area is 111 Å². The number of anilines is 1. The van der Waals surface area contributed by atoms with E-state index in [2.05, 4.69) is 4.90 Å². The molecule has 1 unspecified atom stereocenters. The van der Waals surface area contributed by atoms with Crippen molar-refractivity contribution >= 4 is 23.4 Å². The van der Waals surface area contributed by atoms with Gasteiger partial charge < -0.3 is 14.7 Å². The summed E-state index contributed by atoms with van der Waals surface area (Å²) in [5, 5.41) is 9.40. The van der Waals surface area contributed by atoms with Gasteiger partial charge in [0.15, 0.2) is 0 Å². The number of carbonyl (C=O) groups is 1. The van der Waals surface area contributed by atoms with Crippen LogP contribution in [0.25, 0.3) is 0 Å². The minimum atomic E-state index is -0.867. The van der Waals surface area contributed by atoms with Crippen molar-refractivity contribution in [1.29, 1.82) is 0 Å². The van der Waals surface area contributed by atoms with E-state index in [9.17, 15) is 9.90 Å². The maximum Gasteiger partial charge on any atom is 0.338 e. The van der Waals surface area contributed by atoms with Gasteiger partial charge in [-0.1, -0.05) is 6.07 Å². The minimum Gasteiger partial charge on any atom is -0.478 e. The molecule has 0 amide bonds. The second-order valence-corrected chi connectivity index (χ2v) is 5.14. The van der Waals surface area contributed by atoms with E-state index in [0.29, 0.717) is 12.2 Å². The van der Waals surface area contributed by atoms with Gasteiger partial charge in [0.05, 0.1) is 24.0 Å². The number of thioether (sulfide) groups is 1. The van der Waals surface area contributed by atoms with E-state index in [1.165, 1.54) is 11.8 Å². The maximum atomic E-state index is 11.5. The van der Waals surface area contributed by atoms with Gasteiger partial charge in [-0.3, -0.25) is 0 Å². The van der Waals surface area contributed by atoms with Crippen LogP contribution < -0.4 is 4.90 Å². The van der Waals surface area contributed by atoms with Crippen LogP contribution in [0.1, 0.15) is 17.3 Å². The lowest BCUT2D eigenvalue weighted by Gasteiger charge is -2.34. The van der Waals surface area contributed by atoms with E-state index >= 15 is 0 Å². The Morgan fingerprint density at radius 1 is 1.56 bits per heavy atom. The van der Waals surface area contributed by atoms with E-state index in [1.807, 2.05) is 31.4 Å². The lowest BCUT2D eigenvalue weighted by molar-refractivity contribution is 0.0527. The fourth-order valence-corrected chi connectivity index (χ4v) is 2.82. The van der Waals surface area contributed by atoms with E-state index in [-0.39, 0.29) is 6.10 Å². The van der Waals surface area contributed by atoms with Crippen LogP contribution >= 0.6 is 11.8 Å². The Morgan fingerprint density at radius 2 is 2.33 bits per heavy atom. The zero-order chi connectivity index (χ0) is 13.1. The third-order valence-electron chi connectivity index (χ3n) is 3.02. The molecule has 0 radical (unpaired) electrons. The highest BCUT2D eigenvalue weighted by molar-refractivity contribution is 7.98. The molecular weight excluding hydrogens is 250 g/mol. The summed E-state index contributed by atoms with van der Waals surface area (Å²) in [6.45, 7) is 4.12. The van der Waals surface area contributed by atoms with Crippen LogP contribution in [0, 0.1) is 0 Å².